The van der Waals surface area contributed by atoms with Gasteiger partial charge < -0.3 is 15.4 Å². The van der Waals surface area contributed by atoms with E-state index in [9.17, 15) is 0 Å². The number of oxazole rings is 1. The van der Waals surface area contributed by atoms with E-state index in [0.29, 0.717) is 11.0 Å². The van der Waals surface area contributed by atoms with Crippen molar-refractivity contribution in [2.75, 3.05) is 5.75 Å². The Morgan fingerprint density at radius 1 is 1.92 bits per heavy atom. The van der Waals surface area contributed by atoms with E-state index < -0.39 is 0 Å². The van der Waals surface area contributed by atoms with Crippen molar-refractivity contribution in [2.24, 2.45) is 10.9 Å². The second kappa shape index (κ2) is 4.01. The lowest BCUT2D eigenvalue weighted by molar-refractivity contribution is 0.318. The summed E-state index contributed by atoms with van der Waals surface area (Å²) in [5.74, 6) is 0.520. The zero-order valence-electron chi connectivity index (χ0n) is 6.52. The Labute approximate surface area is 73.6 Å². The highest BCUT2D eigenvalue weighted by Gasteiger charge is 2.02. The Morgan fingerprint density at radius 3 is 3.17 bits per heavy atom. The highest BCUT2D eigenvalue weighted by atomic mass is 32.2. The lowest BCUT2D eigenvalue weighted by Gasteiger charge is -1.92. The van der Waals surface area contributed by atoms with E-state index in [2.05, 4.69) is 10.1 Å². The quantitative estimate of drug-likeness (QED) is 0.240. The van der Waals surface area contributed by atoms with E-state index in [-0.39, 0.29) is 5.84 Å². The SMILES string of the molecule is Cc1coc(SCC(N)=NO)n1. The number of nitrogens with zero attached hydrogens (tertiary/aromatic N) is 2. The summed E-state index contributed by atoms with van der Waals surface area (Å²) in [6.45, 7) is 1.83. The van der Waals surface area contributed by atoms with Gasteiger partial charge in [-0.05, 0) is 6.92 Å². The maximum Gasteiger partial charge on any atom is 0.256 e. The molecule has 0 unspecified atom stereocenters. The van der Waals surface area contributed by atoms with Crippen LogP contribution in [0.25, 0.3) is 0 Å². The van der Waals surface area contributed by atoms with Gasteiger partial charge in [-0.2, -0.15) is 0 Å². The van der Waals surface area contributed by atoms with Crippen molar-refractivity contribution in [3.8, 4) is 0 Å². The Morgan fingerprint density at radius 2 is 2.67 bits per heavy atom. The fourth-order valence-corrected chi connectivity index (χ4v) is 1.22. The Hall–Kier alpha value is -1.17. The second-order valence-corrected chi connectivity index (χ2v) is 3.06. The average Bonchev–Trinajstić information content (AvgIpc) is 2.47. The first-order chi connectivity index (χ1) is 5.72. The summed E-state index contributed by atoms with van der Waals surface area (Å²) in [6.07, 6.45) is 1.55. The van der Waals surface area contributed by atoms with Crippen LogP contribution < -0.4 is 5.73 Å². The van der Waals surface area contributed by atoms with E-state index in [0.717, 1.165) is 5.69 Å². The molecule has 0 aliphatic carbocycles. The van der Waals surface area contributed by atoms with E-state index in [1.807, 2.05) is 6.92 Å². The topological polar surface area (TPSA) is 84.6 Å². The molecule has 5 nitrogen and oxygen atoms in total. The third-order valence-corrected chi connectivity index (χ3v) is 1.94. The molecule has 6 heteroatoms. The summed E-state index contributed by atoms with van der Waals surface area (Å²) in [7, 11) is 0. The molecule has 0 saturated heterocycles. The average molecular weight is 187 g/mol. The predicted molar refractivity (Wildman–Crippen MR) is 45.4 cm³/mol. The van der Waals surface area contributed by atoms with E-state index >= 15 is 0 Å². The first-order valence-corrected chi connectivity index (χ1v) is 4.22. The molecule has 1 heterocycles. The molecule has 1 aromatic rings. The fourth-order valence-electron chi connectivity index (χ4n) is 0.563. The van der Waals surface area contributed by atoms with E-state index in [4.69, 9.17) is 15.4 Å². The van der Waals surface area contributed by atoms with Crippen LogP contribution in [0.1, 0.15) is 5.69 Å². The first kappa shape index (κ1) is 8.92. The van der Waals surface area contributed by atoms with Gasteiger partial charge in [-0.1, -0.05) is 16.9 Å². The van der Waals surface area contributed by atoms with Crippen molar-refractivity contribution in [3.63, 3.8) is 0 Å². The van der Waals surface area contributed by atoms with Crippen LogP contribution in [-0.2, 0) is 0 Å². The highest BCUT2D eigenvalue weighted by molar-refractivity contribution is 7.99. The fraction of sp³-hybridized carbons (Fsp3) is 0.333. The molecule has 0 bridgehead atoms. The maximum absolute atomic E-state index is 8.22. The van der Waals surface area contributed by atoms with Gasteiger partial charge in [0.05, 0.1) is 11.4 Å². The van der Waals surface area contributed by atoms with E-state index in [1.54, 1.807) is 6.26 Å². The molecule has 0 atom stereocenters. The molecule has 1 aromatic heterocycles. The molecule has 12 heavy (non-hydrogen) atoms. The molecule has 66 valence electrons. The largest absolute Gasteiger partial charge is 0.440 e. The van der Waals surface area contributed by atoms with Gasteiger partial charge in [0.25, 0.3) is 5.22 Å². The van der Waals surface area contributed by atoms with Crippen LogP contribution in [0.2, 0.25) is 0 Å². The number of nitrogens with two attached hydrogens (primary N) is 1. The standard InChI is InChI=1S/C6H9N3O2S/c1-4-2-11-6(8-4)12-3-5(7)9-10/h2,10H,3H2,1H3,(H2,7,9). The molecule has 0 aromatic carbocycles. The molecule has 0 radical (unpaired) electrons. The van der Waals surface area contributed by atoms with Gasteiger partial charge in [0, 0.05) is 0 Å². The van der Waals surface area contributed by atoms with Crippen LogP contribution in [0, 0.1) is 6.92 Å². The molecule has 0 aliphatic rings. The van der Waals surface area contributed by atoms with Crippen LogP contribution in [0.5, 0.6) is 0 Å². The molecule has 0 spiro atoms. The van der Waals surface area contributed by atoms with Crippen LogP contribution in [0.3, 0.4) is 0 Å². The Balaban J connectivity index is 2.43. The van der Waals surface area contributed by atoms with Gasteiger partial charge in [-0.3, -0.25) is 0 Å². The number of rotatable bonds is 3. The third kappa shape index (κ3) is 2.46. The van der Waals surface area contributed by atoms with Gasteiger partial charge in [0.1, 0.15) is 12.1 Å². The minimum absolute atomic E-state index is 0.149. The number of aromatic nitrogens is 1. The molecule has 0 saturated carbocycles. The van der Waals surface area contributed by atoms with Gasteiger partial charge in [0.2, 0.25) is 0 Å². The van der Waals surface area contributed by atoms with Crippen molar-refractivity contribution in [1.82, 2.24) is 4.98 Å². The van der Waals surface area contributed by atoms with Crippen molar-refractivity contribution < 1.29 is 9.62 Å². The van der Waals surface area contributed by atoms with Crippen LogP contribution in [0.15, 0.2) is 21.1 Å². The molecular weight excluding hydrogens is 178 g/mol. The highest BCUT2D eigenvalue weighted by Crippen LogP contribution is 2.15. The summed E-state index contributed by atoms with van der Waals surface area (Å²) in [5, 5.41) is 11.6. The maximum atomic E-state index is 8.22. The Kier molecular flexibility index (Phi) is 2.98. The third-order valence-electron chi connectivity index (χ3n) is 1.07. The summed E-state index contributed by atoms with van der Waals surface area (Å²) in [5.41, 5.74) is 6.05. The van der Waals surface area contributed by atoms with Crippen molar-refractivity contribution in [1.29, 1.82) is 0 Å². The van der Waals surface area contributed by atoms with Crippen molar-refractivity contribution in [3.05, 3.63) is 12.0 Å². The molecule has 3 N–H and O–H groups in total. The minimum atomic E-state index is 0.149. The number of hydrogen-bond donors (Lipinski definition) is 2. The smallest absolute Gasteiger partial charge is 0.256 e. The number of aryl methyl sites for hydroxylation is 1. The zero-order chi connectivity index (χ0) is 8.97. The number of oxime groups is 1. The lowest BCUT2D eigenvalue weighted by atomic mass is 10.6. The minimum Gasteiger partial charge on any atom is -0.440 e. The van der Waals surface area contributed by atoms with Crippen molar-refractivity contribution >= 4 is 17.6 Å². The van der Waals surface area contributed by atoms with Gasteiger partial charge in [-0.15, -0.1) is 0 Å². The summed E-state index contributed by atoms with van der Waals surface area (Å²) < 4.78 is 5.02. The first-order valence-electron chi connectivity index (χ1n) is 3.23. The Bertz CT molecular complexity index is 284. The molecule has 0 fully saturated rings. The summed E-state index contributed by atoms with van der Waals surface area (Å²) in [6, 6.07) is 0. The monoisotopic (exact) mass is 187 g/mol. The van der Waals surface area contributed by atoms with Gasteiger partial charge in [0.15, 0.2) is 0 Å². The summed E-state index contributed by atoms with van der Waals surface area (Å²) in [4.78, 5) is 4.02. The lowest BCUT2D eigenvalue weighted by Crippen LogP contribution is -2.14. The number of amidine groups is 1. The number of thioether (sulfide) groups is 1. The number of hydrogen-bond acceptors (Lipinski definition) is 5. The molecule has 1 rings (SSSR count). The normalized spacial score (nSPS) is 11.9. The molecule has 0 amide bonds. The predicted octanol–water partition coefficient (Wildman–Crippen LogP) is 0.822. The molecular formula is C6H9N3O2S. The molecule has 0 aliphatic heterocycles. The van der Waals surface area contributed by atoms with Crippen LogP contribution >= 0.6 is 11.8 Å². The van der Waals surface area contributed by atoms with Crippen LogP contribution in [-0.4, -0.2) is 21.8 Å². The second-order valence-electron chi connectivity index (χ2n) is 2.13. The van der Waals surface area contributed by atoms with E-state index in [1.165, 1.54) is 11.8 Å². The van der Waals surface area contributed by atoms with Gasteiger partial charge >= 0.3 is 0 Å². The van der Waals surface area contributed by atoms with Crippen molar-refractivity contribution in [2.45, 2.75) is 12.1 Å². The summed E-state index contributed by atoms with van der Waals surface area (Å²) >= 11 is 1.28. The zero-order valence-corrected chi connectivity index (χ0v) is 7.34. The van der Waals surface area contributed by atoms with Gasteiger partial charge in [-0.25, -0.2) is 4.98 Å². The van der Waals surface area contributed by atoms with Crippen LogP contribution in [0.4, 0.5) is 0 Å².